The summed E-state index contributed by atoms with van der Waals surface area (Å²) in [5.41, 5.74) is 0. The van der Waals surface area contributed by atoms with Crippen LogP contribution < -0.4 is 10.0 Å². The van der Waals surface area contributed by atoms with Crippen molar-refractivity contribution in [2.24, 2.45) is 5.92 Å². The number of nitrogens with zero attached hydrogens (tertiary/aromatic N) is 2. The third kappa shape index (κ3) is 5.19. The van der Waals surface area contributed by atoms with Crippen LogP contribution in [0.3, 0.4) is 0 Å². The molecule has 7 heteroatoms. The molecule has 1 aliphatic rings. The molecule has 1 fully saturated rings. The van der Waals surface area contributed by atoms with Gasteiger partial charge in [0.15, 0.2) is 0 Å². The van der Waals surface area contributed by atoms with E-state index >= 15 is 0 Å². The third-order valence-corrected chi connectivity index (χ3v) is 4.74. The van der Waals surface area contributed by atoms with Gasteiger partial charge in [-0.1, -0.05) is 0 Å². The first-order chi connectivity index (χ1) is 8.45. The number of piperidine rings is 1. The Kier molecular flexibility index (Phi) is 6.51. The molecule has 0 aliphatic carbocycles. The lowest BCUT2D eigenvalue weighted by atomic mass is 10.00. The zero-order chi connectivity index (χ0) is 13.6. The number of nitrogens with one attached hydrogen (secondary N) is 2. The summed E-state index contributed by atoms with van der Waals surface area (Å²) in [5, 5.41) is 3.12. The van der Waals surface area contributed by atoms with Crippen molar-refractivity contribution in [3.05, 3.63) is 0 Å². The molecule has 0 aromatic rings. The Hall–Kier alpha value is -0.210. The molecule has 1 rings (SSSR count). The molecular weight excluding hydrogens is 252 g/mol. The second-order valence-corrected chi connectivity index (χ2v) is 6.88. The van der Waals surface area contributed by atoms with E-state index in [9.17, 15) is 8.42 Å². The molecule has 6 nitrogen and oxygen atoms in total. The number of hydrogen-bond acceptors (Lipinski definition) is 4. The van der Waals surface area contributed by atoms with Crippen molar-refractivity contribution in [3.8, 4) is 0 Å². The van der Waals surface area contributed by atoms with Gasteiger partial charge >= 0.3 is 0 Å². The Labute approximate surface area is 111 Å². The monoisotopic (exact) mass is 278 g/mol. The average Bonchev–Trinajstić information content (AvgIpc) is 2.29. The minimum absolute atomic E-state index is 0.425. The van der Waals surface area contributed by atoms with Crippen molar-refractivity contribution in [3.63, 3.8) is 0 Å². The van der Waals surface area contributed by atoms with Gasteiger partial charge in [-0.05, 0) is 46.4 Å². The summed E-state index contributed by atoms with van der Waals surface area (Å²) in [4.78, 5) is 1.96. The molecule has 1 heterocycles. The Balaban J connectivity index is 2.45. The zero-order valence-electron chi connectivity index (χ0n) is 11.6. The molecule has 0 aromatic heterocycles. The van der Waals surface area contributed by atoms with Crippen LogP contribution in [0.25, 0.3) is 0 Å². The maximum Gasteiger partial charge on any atom is 0.279 e. The van der Waals surface area contributed by atoms with E-state index in [0.717, 1.165) is 19.4 Å². The normalized spacial score (nSPS) is 22.6. The molecule has 18 heavy (non-hydrogen) atoms. The van der Waals surface area contributed by atoms with Crippen LogP contribution in [0.2, 0.25) is 0 Å². The van der Waals surface area contributed by atoms with Gasteiger partial charge in [0.2, 0.25) is 0 Å². The van der Waals surface area contributed by atoms with E-state index in [2.05, 4.69) is 10.0 Å². The highest BCUT2D eigenvalue weighted by Gasteiger charge is 2.27. The number of rotatable bonds is 7. The Morgan fingerprint density at radius 3 is 2.72 bits per heavy atom. The first-order valence-electron chi connectivity index (χ1n) is 6.49. The zero-order valence-corrected chi connectivity index (χ0v) is 12.5. The summed E-state index contributed by atoms with van der Waals surface area (Å²) in [6, 6.07) is 0. The average molecular weight is 278 g/mol. The highest BCUT2D eigenvalue weighted by molar-refractivity contribution is 7.87. The molecule has 0 bridgehead atoms. The van der Waals surface area contributed by atoms with Crippen LogP contribution in [0, 0.1) is 5.92 Å². The van der Waals surface area contributed by atoms with Crippen LogP contribution >= 0.6 is 0 Å². The number of hydrogen-bond donors (Lipinski definition) is 2. The van der Waals surface area contributed by atoms with E-state index in [1.807, 2.05) is 26.0 Å². The molecule has 1 unspecified atom stereocenters. The Bertz CT molecular complexity index is 330. The SMILES string of the molecule is CNCC1CCCN(S(=O)(=O)NCCN(C)C)C1. The molecule has 1 aliphatic heterocycles. The fourth-order valence-corrected chi connectivity index (χ4v) is 3.50. The van der Waals surface area contributed by atoms with Gasteiger partial charge < -0.3 is 10.2 Å². The van der Waals surface area contributed by atoms with Crippen molar-refractivity contribution >= 4 is 10.2 Å². The summed E-state index contributed by atoms with van der Waals surface area (Å²) in [6.07, 6.45) is 2.05. The van der Waals surface area contributed by atoms with Crippen molar-refractivity contribution in [1.29, 1.82) is 0 Å². The Morgan fingerprint density at radius 1 is 1.39 bits per heavy atom. The van der Waals surface area contributed by atoms with Gasteiger partial charge in [-0.3, -0.25) is 0 Å². The molecule has 1 saturated heterocycles. The molecule has 0 radical (unpaired) electrons. The lowest BCUT2D eigenvalue weighted by molar-refractivity contribution is 0.260. The van der Waals surface area contributed by atoms with E-state index in [1.165, 1.54) is 0 Å². The topological polar surface area (TPSA) is 64.7 Å². The molecule has 2 N–H and O–H groups in total. The first-order valence-corrected chi connectivity index (χ1v) is 7.94. The van der Waals surface area contributed by atoms with Gasteiger partial charge in [0.25, 0.3) is 10.2 Å². The van der Waals surface area contributed by atoms with Crippen molar-refractivity contribution in [2.75, 3.05) is 53.9 Å². The van der Waals surface area contributed by atoms with Gasteiger partial charge in [-0.2, -0.15) is 12.7 Å². The maximum atomic E-state index is 12.1. The summed E-state index contributed by atoms with van der Waals surface area (Å²) in [5.74, 6) is 0.425. The van der Waals surface area contributed by atoms with Gasteiger partial charge in [0.05, 0.1) is 0 Å². The lowest BCUT2D eigenvalue weighted by Crippen LogP contribution is -2.48. The molecule has 0 saturated carbocycles. The van der Waals surface area contributed by atoms with Crippen LogP contribution in [0.5, 0.6) is 0 Å². The third-order valence-electron chi connectivity index (χ3n) is 3.16. The van der Waals surface area contributed by atoms with Crippen LogP contribution in [0.1, 0.15) is 12.8 Å². The number of likely N-dealkylation sites (N-methyl/N-ethyl adjacent to an activating group) is 1. The molecule has 0 spiro atoms. The van der Waals surface area contributed by atoms with Crippen molar-refractivity contribution in [2.45, 2.75) is 12.8 Å². The van der Waals surface area contributed by atoms with Crippen LogP contribution in [-0.2, 0) is 10.2 Å². The van der Waals surface area contributed by atoms with Gasteiger partial charge in [0, 0.05) is 26.2 Å². The lowest BCUT2D eigenvalue weighted by Gasteiger charge is -2.31. The summed E-state index contributed by atoms with van der Waals surface area (Å²) in [6.45, 7) is 3.31. The predicted octanol–water partition coefficient (Wildman–Crippen LogP) is -0.686. The van der Waals surface area contributed by atoms with Crippen LogP contribution in [0.4, 0.5) is 0 Å². The Morgan fingerprint density at radius 2 is 2.11 bits per heavy atom. The summed E-state index contributed by atoms with van der Waals surface area (Å²) < 4.78 is 28.4. The summed E-state index contributed by atoms with van der Waals surface area (Å²) >= 11 is 0. The largest absolute Gasteiger partial charge is 0.319 e. The predicted molar refractivity (Wildman–Crippen MR) is 73.7 cm³/mol. The van der Waals surface area contributed by atoms with E-state index in [1.54, 1.807) is 4.31 Å². The molecular formula is C11H26N4O2S. The fraction of sp³-hybridized carbons (Fsp3) is 1.00. The smallest absolute Gasteiger partial charge is 0.279 e. The van der Waals surface area contributed by atoms with E-state index in [4.69, 9.17) is 0 Å². The van der Waals surface area contributed by atoms with Crippen molar-refractivity contribution in [1.82, 2.24) is 19.2 Å². The van der Waals surface area contributed by atoms with Gasteiger partial charge in [-0.25, -0.2) is 4.72 Å². The quantitative estimate of drug-likeness (QED) is 0.647. The van der Waals surface area contributed by atoms with E-state index in [0.29, 0.717) is 32.1 Å². The minimum atomic E-state index is -3.30. The molecule has 108 valence electrons. The van der Waals surface area contributed by atoms with Crippen LogP contribution in [0.15, 0.2) is 0 Å². The molecule has 0 amide bonds. The highest BCUT2D eigenvalue weighted by atomic mass is 32.2. The standard InChI is InChI=1S/C11H26N4O2S/c1-12-9-11-5-4-7-15(10-11)18(16,17)13-6-8-14(2)3/h11-13H,4-10H2,1-3H3. The molecule has 1 atom stereocenters. The first kappa shape index (κ1) is 15.8. The fourth-order valence-electron chi connectivity index (χ4n) is 2.19. The second-order valence-electron chi connectivity index (χ2n) is 5.13. The summed E-state index contributed by atoms with van der Waals surface area (Å²) in [7, 11) is 2.46. The van der Waals surface area contributed by atoms with E-state index in [-0.39, 0.29) is 0 Å². The molecule has 0 aromatic carbocycles. The van der Waals surface area contributed by atoms with Gasteiger partial charge in [-0.15, -0.1) is 0 Å². The maximum absolute atomic E-state index is 12.1. The van der Waals surface area contributed by atoms with Gasteiger partial charge in [0.1, 0.15) is 0 Å². The van der Waals surface area contributed by atoms with Crippen molar-refractivity contribution < 1.29 is 8.42 Å². The minimum Gasteiger partial charge on any atom is -0.319 e. The second kappa shape index (κ2) is 7.40. The highest BCUT2D eigenvalue weighted by Crippen LogP contribution is 2.17. The van der Waals surface area contributed by atoms with E-state index < -0.39 is 10.2 Å². The van der Waals surface area contributed by atoms with Crippen LogP contribution in [-0.4, -0.2) is 71.5 Å².